The number of carbonyl (C=O) groups excluding carboxylic acids is 1. The van der Waals surface area contributed by atoms with Crippen molar-refractivity contribution in [3.05, 3.63) is 44.5 Å². The third kappa shape index (κ3) is 9.17. The van der Waals surface area contributed by atoms with Crippen LogP contribution in [0.3, 0.4) is 0 Å². The molecule has 12 heteroatoms. The summed E-state index contributed by atoms with van der Waals surface area (Å²) in [4.78, 5) is 14.1. The first-order chi connectivity index (χ1) is 18.3. The van der Waals surface area contributed by atoms with E-state index >= 15 is 0 Å². The van der Waals surface area contributed by atoms with Gasteiger partial charge in [-0.3, -0.25) is 0 Å². The van der Waals surface area contributed by atoms with Gasteiger partial charge in [0.05, 0.1) is 17.1 Å². The van der Waals surface area contributed by atoms with Gasteiger partial charge in [-0.1, -0.05) is 23.4 Å². The molecule has 3 rings (SSSR count). The van der Waals surface area contributed by atoms with Gasteiger partial charge < -0.3 is 19.7 Å². The largest absolute Gasteiger partial charge is 0.496 e. The van der Waals surface area contributed by atoms with E-state index < -0.39 is 17.3 Å². The first-order valence-corrected chi connectivity index (χ1v) is 13.6. The lowest BCUT2D eigenvalue weighted by Gasteiger charge is -2.34. The standard InChI is InChI=1S/C27H31BrClF3N4O3/c1-26(2,3)39-25(37)36-12-8-11-20(16-36)33-22-14-18(24(29)35-34-22)10-7-5-6-9-17-13-19(27(30,31)32)15-21(38-4)23(17)28/h13-15,20H,5,7-8,10-12,16H2,1-4H3,(H,33,34)/t20-/m1/s1. The van der Waals surface area contributed by atoms with E-state index in [1.54, 1.807) is 4.90 Å². The van der Waals surface area contributed by atoms with Crippen molar-refractivity contribution in [3.8, 4) is 17.6 Å². The molecule has 39 heavy (non-hydrogen) atoms. The highest BCUT2D eigenvalue weighted by Gasteiger charge is 2.32. The number of hydrogen-bond acceptors (Lipinski definition) is 6. The molecule has 1 fully saturated rings. The fourth-order valence-electron chi connectivity index (χ4n) is 3.98. The van der Waals surface area contributed by atoms with Crippen LogP contribution in [0.4, 0.5) is 23.8 Å². The number of halogens is 5. The Balaban J connectivity index is 1.60. The second kappa shape index (κ2) is 13.1. The number of nitrogens with one attached hydrogen (secondary N) is 1. The lowest BCUT2D eigenvalue weighted by molar-refractivity contribution is -0.137. The van der Waals surface area contributed by atoms with Gasteiger partial charge in [0.2, 0.25) is 0 Å². The van der Waals surface area contributed by atoms with Gasteiger partial charge in [-0.2, -0.15) is 13.2 Å². The minimum absolute atomic E-state index is 0.0108. The van der Waals surface area contributed by atoms with Gasteiger partial charge in [0.25, 0.3) is 0 Å². The third-order valence-electron chi connectivity index (χ3n) is 5.80. The van der Waals surface area contributed by atoms with Crippen molar-refractivity contribution in [2.75, 3.05) is 25.5 Å². The van der Waals surface area contributed by atoms with Crippen LogP contribution < -0.4 is 10.1 Å². The van der Waals surface area contributed by atoms with Gasteiger partial charge in [0, 0.05) is 31.1 Å². The van der Waals surface area contributed by atoms with Gasteiger partial charge in [-0.25, -0.2) is 4.79 Å². The number of anilines is 1. The van der Waals surface area contributed by atoms with E-state index in [4.69, 9.17) is 21.1 Å². The van der Waals surface area contributed by atoms with Crippen LogP contribution in [-0.2, 0) is 17.3 Å². The lowest BCUT2D eigenvalue weighted by atomic mass is 10.1. The number of rotatable bonds is 6. The highest BCUT2D eigenvalue weighted by molar-refractivity contribution is 9.10. The van der Waals surface area contributed by atoms with E-state index in [2.05, 4.69) is 43.3 Å². The van der Waals surface area contributed by atoms with Gasteiger partial charge >= 0.3 is 12.3 Å². The first-order valence-electron chi connectivity index (χ1n) is 12.5. The molecule has 212 valence electrons. The average Bonchev–Trinajstić information content (AvgIpc) is 2.85. The normalized spacial score (nSPS) is 15.8. The van der Waals surface area contributed by atoms with Gasteiger partial charge in [0.15, 0.2) is 5.15 Å². The number of ether oxygens (including phenoxy) is 2. The summed E-state index contributed by atoms with van der Waals surface area (Å²) in [6.07, 6.45) is -1.55. The lowest BCUT2D eigenvalue weighted by Crippen LogP contribution is -2.47. The summed E-state index contributed by atoms with van der Waals surface area (Å²) in [5, 5.41) is 11.8. The Morgan fingerprint density at radius 1 is 1.26 bits per heavy atom. The summed E-state index contributed by atoms with van der Waals surface area (Å²) in [5.74, 6) is 6.35. The van der Waals surface area contributed by atoms with E-state index in [0.29, 0.717) is 42.6 Å². The van der Waals surface area contributed by atoms with Crippen molar-refractivity contribution in [1.82, 2.24) is 15.1 Å². The molecule has 2 aromatic rings. The maximum atomic E-state index is 13.2. The second-order valence-corrected chi connectivity index (χ2v) is 11.3. The fourth-order valence-corrected chi connectivity index (χ4v) is 4.66. The van der Waals surface area contributed by atoms with Crippen molar-refractivity contribution < 1.29 is 27.4 Å². The molecule has 1 atom stereocenters. The van der Waals surface area contributed by atoms with Crippen LogP contribution in [0.1, 0.15) is 63.1 Å². The first kappa shape index (κ1) is 30.8. The summed E-state index contributed by atoms with van der Waals surface area (Å²) in [6, 6.07) is 3.74. The predicted molar refractivity (Wildman–Crippen MR) is 147 cm³/mol. The molecule has 0 aliphatic carbocycles. The molecule has 1 aromatic carbocycles. The van der Waals surface area contributed by atoms with Crippen molar-refractivity contribution in [2.24, 2.45) is 0 Å². The third-order valence-corrected chi connectivity index (χ3v) is 6.94. The smallest absolute Gasteiger partial charge is 0.416 e. The van der Waals surface area contributed by atoms with Crippen LogP contribution in [-0.4, -0.2) is 53.0 Å². The number of unbranched alkanes of at least 4 members (excludes halogenated alkanes) is 1. The highest BCUT2D eigenvalue weighted by Crippen LogP contribution is 2.37. The Morgan fingerprint density at radius 3 is 2.67 bits per heavy atom. The zero-order chi connectivity index (χ0) is 28.8. The topological polar surface area (TPSA) is 76.6 Å². The van der Waals surface area contributed by atoms with Crippen LogP contribution in [0.5, 0.6) is 5.75 Å². The Hall–Kier alpha value is -2.71. The number of piperidine rings is 1. The van der Waals surface area contributed by atoms with Crippen molar-refractivity contribution in [3.63, 3.8) is 0 Å². The maximum Gasteiger partial charge on any atom is 0.416 e. The molecule has 1 aromatic heterocycles. The summed E-state index contributed by atoms with van der Waals surface area (Å²) < 4.78 is 50.5. The molecule has 1 aliphatic heterocycles. The van der Waals surface area contributed by atoms with E-state index in [-0.39, 0.29) is 28.6 Å². The van der Waals surface area contributed by atoms with Crippen molar-refractivity contribution >= 4 is 39.4 Å². The molecule has 1 N–H and O–H groups in total. The van der Waals surface area contributed by atoms with E-state index in [1.807, 2.05) is 26.8 Å². The monoisotopic (exact) mass is 630 g/mol. The Kier molecular flexibility index (Phi) is 10.4. The molecule has 0 spiro atoms. The molecule has 7 nitrogen and oxygen atoms in total. The average molecular weight is 632 g/mol. The number of aryl methyl sites for hydroxylation is 1. The molecule has 0 bridgehead atoms. The number of benzene rings is 1. The summed E-state index contributed by atoms with van der Waals surface area (Å²) in [5.41, 5.74) is -0.412. The number of carbonyl (C=O) groups is 1. The van der Waals surface area contributed by atoms with Crippen LogP contribution in [0, 0.1) is 11.8 Å². The van der Waals surface area contributed by atoms with Crippen LogP contribution >= 0.6 is 27.5 Å². The summed E-state index contributed by atoms with van der Waals surface area (Å²) in [7, 11) is 1.30. The molecule has 1 amide bonds. The molecule has 0 saturated carbocycles. The molecule has 2 heterocycles. The number of likely N-dealkylation sites (tertiary alicyclic amines) is 1. The Labute approximate surface area is 239 Å². The molecule has 1 aliphatic rings. The quantitative estimate of drug-likeness (QED) is 0.271. The number of alkyl halides is 3. The number of amides is 1. The van der Waals surface area contributed by atoms with Crippen molar-refractivity contribution in [1.29, 1.82) is 0 Å². The molecule has 0 unspecified atom stereocenters. The van der Waals surface area contributed by atoms with E-state index in [0.717, 1.165) is 30.5 Å². The summed E-state index contributed by atoms with van der Waals surface area (Å²) >= 11 is 9.52. The molecule has 0 radical (unpaired) electrons. The van der Waals surface area contributed by atoms with Crippen LogP contribution in [0.2, 0.25) is 5.15 Å². The maximum absolute atomic E-state index is 13.2. The van der Waals surface area contributed by atoms with Crippen LogP contribution in [0.15, 0.2) is 22.7 Å². The minimum atomic E-state index is -4.51. The number of nitrogens with zero attached hydrogens (tertiary/aromatic N) is 3. The predicted octanol–water partition coefficient (Wildman–Crippen LogP) is 7.11. The Bertz CT molecular complexity index is 1240. The number of aromatic nitrogens is 2. The van der Waals surface area contributed by atoms with Crippen LogP contribution in [0.25, 0.3) is 0 Å². The van der Waals surface area contributed by atoms with Crippen molar-refractivity contribution in [2.45, 2.75) is 70.7 Å². The SMILES string of the molecule is COc1cc(C(F)(F)F)cc(C#CCCCc2cc(N[C@@H]3CCCN(C(=O)OC(C)(C)C)C3)nnc2Cl)c1Br. The van der Waals surface area contributed by atoms with Gasteiger partial charge in [-0.15, -0.1) is 10.2 Å². The van der Waals surface area contributed by atoms with E-state index in [9.17, 15) is 18.0 Å². The molecular formula is C27H31BrClF3N4O3. The second-order valence-electron chi connectivity index (χ2n) is 10.1. The number of methoxy groups -OCH3 is 1. The van der Waals surface area contributed by atoms with E-state index in [1.165, 1.54) is 7.11 Å². The Morgan fingerprint density at radius 2 is 2.00 bits per heavy atom. The molecular weight excluding hydrogens is 601 g/mol. The zero-order valence-electron chi connectivity index (χ0n) is 22.2. The highest BCUT2D eigenvalue weighted by atomic mass is 79.9. The minimum Gasteiger partial charge on any atom is -0.496 e. The number of hydrogen-bond donors (Lipinski definition) is 1. The zero-order valence-corrected chi connectivity index (χ0v) is 24.6. The van der Waals surface area contributed by atoms with Gasteiger partial charge in [0.1, 0.15) is 17.2 Å². The van der Waals surface area contributed by atoms with Gasteiger partial charge in [-0.05, 0) is 86.1 Å². The fraction of sp³-hybridized carbons (Fsp3) is 0.519. The molecule has 1 saturated heterocycles. The summed E-state index contributed by atoms with van der Waals surface area (Å²) in [6.45, 7) is 6.63.